The molecule has 0 fully saturated rings. The van der Waals surface area contributed by atoms with Crippen molar-refractivity contribution in [1.82, 2.24) is 4.98 Å². The van der Waals surface area contributed by atoms with Crippen LogP contribution in [0.4, 0.5) is 0 Å². The molecule has 0 aromatic carbocycles. The molecule has 0 amide bonds. The molecule has 0 unspecified atom stereocenters. The van der Waals surface area contributed by atoms with E-state index in [0.29, 0.717) is 23.8 Å². The van der Waals surface area contributed by atoms with E-state index in [0.717, 1.165) is 16.6 Å². The maximum absolute atomic E-state index is 13.0. The van der Waals surface area contributed by atoms with Crippen LogP contribution in [0, 0.1) is 0 Å². The van der Waals surface area contributed by atoms with Crippen LogP contribution in [-0.2, 0) is 4.57 Å². The maximum atomic E-state index is 13.0. The molecule has 0 spiro atoms. The summed E-state index contributed by atoms with van der Waals surface area (Å²) >= 11 is 0. The average Bonchev–Trinajstić information content (AvgIpc) is 3.03. The summed E-state index contributed by atoms with van der Waals surface area (Å²) < 4.78 is 18.5. The van der Waals surface area contributed by atoms with Crippen molar-refractivity contribution in [3.8, 4) is 11.5 Å². The molecule has 0 aliphatic heterocycles. The minimum Gasteiger partial charge on any atom is -0.462 e. The predicted molar refractivity (Wildman–Crippen MR) is 90.4 cm³/mol. The van der Waals surface area contributed by atoms with Crippen molar-refractivity contribution >= 4 is 24.6 Å². The zero-order chi connectivity index (χ0) is 15.5. The molecule has 2 rings (SSSR count). The Bertz CT molecular complexity index is 707. The van der Waals surface area contributed by atoms with E-state index in [-0.39, 0.29) is 0 Å². The number of nitrogens with zero attached hydrogens (tertiary/aromatic N) is 1. The van der Waals surface area contributed by atoms with Crippen LogP contribution in [0.15, 0.2) is 42.0 Å². The number of pyridine rings is 1. The van der Waals surface area contributed by atoms with E-state index in [1.807, 2.05) is 26.0 Å². The second-order valence-corrected chi connectivity index (χ2v) is 8.26. The molecule has 0 atom stereocenters. The van der Waals surface area contributed by atoms with Crippen molar-refractivity contribution in [2.75, 3.05) is 12.3 Å². The zero-order valence-corrected chi connectivity index (χ0v) is 13.4. The summed E-state index contributed by atoms with van der Waals surface area (Å²) in [6.07, 6.45) is 6.24. The van der Waals surface area contributed by atoms with Gasteiger partial charge in [0, 0.05) is 12.3 Å². The molecule has 2 aromatic rings. The van der Waals surface area contributed by atoms with Crippen LogP contribution >= 0.6 is 7.14 Å². The second-order valence-electron chi connectivity index (χ2n) is 4.74. The Hall–Kier alpha value is -1.86. The minimum absolute atomic E-state index is 0.598. The summed E-state index contributed by atoms with van der Waals surface area (Å²) in [4.78, 5) is 4.54. The highest BCUT2D eigenvalue weighted by Gasteiger charge is 2.27. The molecule has 0 saturated carbocycles. The highest BCUT2D eigenvalue weighted by molar-refractivity contribution is 7.71. The predicted octanol–water partition coefficient (Wildman–Crippen LogP) is 4.66. The van der Waals surface area contributed by atoms with Gasteiger partial charge >= 0.3 is 0 Å². The van der Waals surface area contributed by atoms with E-state index < -0.39 is 7.14 Å². The molecule has 0 aliphatic rings. The van der Waals surface area contributed by atoms with Crippen LogP contribution in [0.5, 0.6) is 0 Å². The lowest BCUT2D eigenvalue weighted by atomic mass is 10.1. The Morgan fingerprint density at radius 3 is 2.48 bits per heavy atom. The van der Waals surface area contributed by atoms with E-state index in [9.17, 15) is 4.57 Å². The molecule has 0 saturated heterocycles. The second kappa shape index (κ2) is 6.28. The van der Waals surface area contributed by atoms with Gasteiger partial charge in [0.15, 0.2) is 5.76 Å². The van der Waals surface area contributed by atoms with Gasteiger partial charge < -0.3 is 8.98 Å². The van der Waals surface area contributed by atoms with Crippen molar-refractivity contribution in [3.05, 3.63) is 48.9 Å². The van der Waals surface area contributed by atoms with Gasteiger partial charge in [-0.3, -0.25) is 0 Å². The summed E-state index contributed by atoms with van der Waals surface area (Å²) in [6, 6.07) is 5.59. The summed E-state index contributed by atoms with van der Waals surface area (Å²) in [5.74, 6) is 0.598. The van der Waals surface area contributed by atoms with Crippen LogP contribution < -0.4 is 5.30 Å². The largest absolute Gasteiger partial charge is 0.462 e. The van der Waals surface area contributed by atoms with Gasteiger partial charge in [-0.05, 0) is 23.8 Å². The number of hydrogen-bond donors (Lipinski definition) is 0. The molecule has 0 N–H and O–H groups in total. The first-order valence-corrected chi connectivity index (χ1v) is 9.09. The number of rotatable bonds is 6. The van der Waals surface area contributed by atoms with E-state index >= 15 is 0 Å². The lowest BCUT2D eigenvalue weighted by Gasteiger charge is -2.14. The van der Waals surface area contributed by atoms with Gasteiger partial charge in [-0.15, -0.1) is 0 Å². The van der Waals surface area contributed by atoms with Crippen LogP contribution in [0.1, 0.15) is 25.1 Å². The van der Waals surface area contributed by atoms with E-state index in [1.54, 1.807) is 24.5 Å². The molecule has 21 heavy (non-hydrogen) atoms. The summed E-state index contributed by atoms with van der Waals surface area (Å²) in [6.45, 7) is 11.4. The van der Waals surface area contributed by atoms with E-state index in [2.05, 4.69) is 18.1 Å². The lowest BCUT2D eigenvalue weighted by molar-refractivity contribution is 0.576. The quantitative estimate of drug-likeness (QED) is 0.729. The molecule has 3 nitrogen and oxygen atoms in total. The van der Waals surface area contributed by atoms with Crippen molar-refractivity contribution in [2.24, 2.45) is 0 Å². The summed E-state index contributed by atoms with van der Waals surface area (Å²) in [5.41, 5.74) is 2.33. The minimum atomic E-state index is -2.41. The molecule has 0 aliphatic carbocycles. The number of furan rings is 1. The van der Waals surface area contributed by atoms with E-state index in [4.69, 9.17) is 4.42 Å². The van der Waals surface area contributed by atoms with Gasteiger partial charge in [-0.1, -0.05) is 39.1 Å². The number of aromatic nitrogens is 1. The Labute approximate surface area is 125 Å². The standard InChI is InChI=1S/C17H20NO2P/c1-5-13-9-10-15(18-14(13)6-2)17-16(11-12-20-17)21(19,7-3)8-4/h5-6,9-12H,1-2,7-8H2,3-4H3. The van der Waals surface area contributed by atoms with Crippen molar-refractivity contribution < 1.29 is 8.98 Å². The smallest absolute Gasteiger partial charge is 0.162 e. The first-order valence-electron chi connectivity index (χ1n) is 7.02. The van der Waals surface area contributed by atoms with Crippen LogP contribution in [0.25, 0.3) is 23.6 Å². The average molecular weight is 301 g/mol. The molecule has 0 bridgehead atoms. The Morgan fingerprint density at radius 2 is 1.90 bits per heavy atom. The summed E-state index contributed by atoms with van der Waals surface area (Å²) in [7, 11) is -2.41. The first-order chi connectivity index (χ1) is 10.1. The Morgan fingerprint density at radius 1 is 1.19 bits per heavy atom. The highest BCUT2D eigenvalue weighted by Crippen LogP contribution is 2.46. The van der Waals surface area contributed by atoms with Crippen molar-refractivity contribution in [2.45, 2.75) is 13.8 Å². The van der Waals surface area contributed by atoms with Crippen molar-refractivity contribution in [1.29, 1.82) is 0 Å². The fraction of sp³-hybridized carbons (Fsp3) is 0.235. The Kier molecular flexibility index (Phi) is 4.64. The van der Waals surface area contributed by atoms with Crippen LogP contribution in [-0.4, -0.2) is 17.3 Å². The molecule has 2 aromatic heterocycles. The van der Waals surface area contributed by atoms with E-state index in [1.165, 1.54) is 0 Å². The lowest BCUT2D eigenvalue weighted by Crippen LogP contribution is -2.09. The SMILES string of the molecule is C=Cc1ccc(-c2occc2P(=O)(CC)CC)nc1C=C. The van der Waals surface area contributed by atoms with Gasteiger partial charge in [0.25, 0.3) is 0 Å². The van der Waals surface area contributed by atoms with Crippen LogP contribution in [0.2, 0.25) is 0 Å². The van der Waals surface area contributed by atoms with Crippen molar-refractivity contribution in [3.63, 3.8) is 0 Å². The normalized spacial score (nSPS) is 11.3. The van der Waals surface area contributed by atoms with Gasteiger partial charge in [0.1, 0.15) is 12.8 Å². The third-order valence-electron chi connectivity index (χ3n) is 3.71. The number of hydrogen-bond acceptors (Lipinski definition) is 3. The molecular formula is C17H20NO2P. The fourth-order valence-corrected chi connectivity index (χ4v) is 4.33. The Balaban J connectivity index is 2.59. The van der Waals surface area contributed by atoms with Gasteiger partial charge in [0.05, 0.1) is 17.3 Å². The zero-order valence-electron chi connectivity index (χ0n) is 12.5. The fourth-order valence-electron chi connectivity index (χ4n) is 2.33. The third-order valence-corrected chi connectivity index (χ3v) is 6.98. The van der Waals surface area contributed by atoms with Crippen LogP contribution in [0.3, 0.4) is 0 Å². The van der Waals surface area contributed by atoms with Gasteiger partial charge in [-0.25, -0.2) is 4.98 Å². The monoisotopic (exact) mass is 301 g/mol. The molecule has 110 valence electrons. The molecular weight excluding hydrogens is 281 g/mol. The topological polar surface area (TPSA) is 43.1 Å². The molecule has 4 heteroatoms. The third kappa shape index (κ3) is 2.79. The first kappa shape index (κ1) is 15.5. The van der Waals surface area contributed by atoms with Gasteiger partial charge in [0.2, 0.25) is 0 Å². The maximum Gasteiger partial charge on any atom is 0.162 e. The van der Waals surface area contributed by atoms with Gasteiger partial charge in [-0.2, -0.15) is 0 Å². The molecule has 2 heterocycles. The highest BCUT2D eigenvalue weighted by atomic mass is 31.2. The molecule has 0 radical (unpaired) electrons. The summed E-state index contributed by atoms with van der Waals surface area (Å²) in [5, 5.41) is 0.779.